The third kappa shape index (κ3) is 11.1. The summed E-state index contributed by atoms with van der Waals surface area (Å²) < 4.78 is 1.34. The molecule has 0 aliphatic heterocycles. The molecule has 0 heterocycles. The number of rotatable bonds is 6. The molecule has 11 heavy (non-hydrogen) atoms. The standard InChI is InChI=1S/C10H17.K/c1-3-5-7-9-10-8-6-4-2;/h3,5,9-10H,1,4,6-8H2,2H3;/b5-3+,10-9+;. The minimum absolute atomic E-state index is 0.995. The molecule has 0 saturated carbocycles. The molecule has 0 N–H and O–H groups in total. The van der Waals surface area contributed by atoms with Gasteiger partial charge >= 0.3 is 106 Å². The average Bonchev–Trinajstić information content (AvgIpc) is 2.03. The van der Waals surface area contributed by atoms with Gasteiger partial charge in [0.25, 0.3) is 0 Å². The first-order valence-corrected chi connectivity index (χ1v) is 6.92. The Morgan fingerprint density at radius 1 is 1.09 bits per heavy atom. The molecule has 0 aliphatic rings. The predicted molar refractivity (Wildman–Crippen MR) is 53.0 cm³/mol. The van der Waals surface area contributed by atoms with Crippen LogP contribution < -0.4 is 0 Å². The van der Waals surface area contributed by atoms with E-state index in [2.05, 4.69) is 31.2 Å². The molecule has 0 spiro atoms. The Kier molecular flexibility index (Phi) is 12.2. The fourth-order valence-electron chi connectivity index (χ4n) is 0.878. The first-order chi connectivity index (χ1) is 5.41. The summed E-state index contributed by atoms with van der Waals surface area (Å²) in [7, 11) is 0. The molecule has 0 bridgehead atoms. The Bertz CT molecular complexity index is 114. The maximum absolute atomic E-state index is 2.30. The SMILES string of the molecule is CCCC/C=C/C/C=C/[CH2][K]. The van der Waals surface area contributed by atoms with Crippen molar-refractivity contribution in [3.63, 3.8) is 0 Å². The third-order valence-corrected chi connectivity index (χ3v) is 2.30. The molecule has 1 heteroatoms. The van der Waals surface area contributed by atoms with Gasteiger partial charge in [0.1, 0.15) is 0 Å². The zero-order valence-electron chi connectivity index (χ0n) is 7.84. The van der Waals surface area contributed by atoms with Gasteiger partial charge in [-0.15, -0.1) is 0 Å². The van der Waals surface area contributed by atoms with E-state index < -0.39 is 0 Å². The van der Waals surface area contributed by atoms with Crippen molar-refractivity contribution in [1.82, 2.24) is 0 Å². The first kappa shape index (κ1) is 12.1. The van der Waals surface area contributed by atoms with Crippen LogP contribution in [0.3, 0.4) is 0 Å². The van der Waals surface area contributed by atoms with E-state index in [1.807, 2.05) is 0 Å². The predicted octanol–water partition coefficient (Wildman–Crippen LogP) is 3.27. The number of allylic oxidation sites excluding steroid dienone is 4. The molecule has 0 saturated heterocycles. The summed E-state index contributed by atoms with van der Waals surface area (Å²) >= 11 is 0.995. The van der Waals surface area contributed by atoms with Gasteiger partial charge in [0.2, 0.25) is 0 Å². The summed E-state index contributed by atoms with van der Waals surface area (Å²) in [6.45, 7) is 2.23. The van der Waals surface area contributed by atoms with Gasteiger partial charge < -0.3 is 0 Å². The van der Waals surface area contributed by atoms with Crippen molar-refractivity contribution in [2.45, 2.75) is 33.1 Å². The maximum atomic E-state index is 2.30. The van der Waals surface area contributed by atoms with Crippen LogP contribution in [0.5, 0.6) is 0 Å². The van der Waals surface area contributed by atoms with E-state index in [0.717, 1.165) is 55.4 Å². The van der Waals surface area contributed by atoms with Crippen LogP contribution in [0.4, 0.5) is 0 Å². The summed E-state index contributed by atoms with van der Waals surface area (Å²) in [5.74, 6) is 0. The zero-order chi connectivity index (χ0) is 8.36. The van der Waals surface area contributed by atoms with E-state index in [1.165, 1.54) is 19.8 Å². The molecule has 0 aromatic heterocycles. The molecule has 58 valence electrons. The Labute approximate surface area is 105 Å². The minimum atomic E-state index is 0.995. The second-order valence-electron chi connectivity index (χ2n) is 2.73. The van der Waals surface area contributed by atoms with Crippen LogP contribution in [0, 0.1) is 0 Å². The normalized spacial score (nSPS) is 11.9. The van der Waals surface area contributed by atoms with Crippen LogP contribution in [0.25, 0.3) is 0 Å². The van der Waals surface area contributed by atoms with E-state index in [-0.39, 0.29) is 0 Å². The van der Waals surface area contributed by atoms with Gasteiger partial charge in [-0.25, -0.2) is 0 Å². The van der Waals surface area contributed by atoms with Gasteiger partial charge in [0, 0.05) is 0 Å². The number of hydrogen-bond donors (Lipinski definition) is 0. The Morgan fingerprint density at radius 3 is 2.45 bits per heavy atom. The molecular formula is C10H17K. The van der Waals surface area contributed by atoms with Crippen LogP contribution in [0.2, 0.25) is 0.515 Å². The average molecular weight is 176 g/mol. The second kappa shape index (κ2) is 11.1. The van der Waals surface area contributed by atoms with E-state index in [1.54, 1.807) is 0 Å². The number of unbranched alkanes of at least 4 members (excludes halogenated alkanes) is 2. The van der Waals surface area contributed by atoms with Crippen molar-refractivity contribution in [1.29, 1.82) is 0 Å². The van der Waals surface area contributed by atoms with E-state index in [9.17, 15) is 0 Å². The van der Waals surface area contributed by atoms with Crippen LogP contribution >= 0.6 is 0 Å². The summed E-state index contributed by atoms with van der Waals surface area (Å²) in [6, 6.07) is 0. The Balaban J connectivity index is 3.09. The monoisotopic (exact) mass is 176 g/mol. The molecule has 0 nitrogen and oxygen atoms in total. The van der Waals surface area contributed by atoms with Gasteiger partial charge in [0.15, 0.2) is 0 Å². The van der Waals surface area contributed by atoms with Crippen LogP contribution in [0.1, 0.15) is 32.6 Å². The van der Waals surface area contributed by atoms with Crippen LogP contribution in [-0.2, 0) is 0 Å². The van der Waals surface area contributed by atoms with Gasteiger partial charge in [-0.1, -0.05) is 0 Å². The van der Waals surface area contributed by atoms with Gasteiger partial charge in [-0.2, -0.15) is 0 Å². The van der Waals surface area contributed by atoms with Crippen LogP contribution in [-0.4, -0.2) is 49.0 Å². The van der Waals surface area contributed by atoms with Gasteiger partial charge in [0.05, 0.1) is 0 Å². The van der Waals surface area contributed by atoms with Crippen LogP contribution in [0.15, 0.2) is 24.3 Å². The van der Waals surface area contributed by atoms with Crippen molar-refractivity contribution in [3.05, 3.63) is 24.3 Å². The summed E-state index contributed by atoms with van der Waals surface area (Å²) in [6.07, 6.45) is 14.2. The third-order valence-electron chi connectivity index (χ3n) is 1.57. The Morgan fingerprint density at radius 2 is 1.82 bits per heavy atom. The van der Waals surface area contributed by atoms with Crippen molar-refractivity contribution in [2.24, 2.45) is 0 Å². The topological polar surface area (TPSA) is 0 Å². The molecule has 0 aliphatic carbocycles. The summed E-state index contributed by atoms with van der Waals surface area (Å²) in [4.78, 5) is 0. The quantitative estimate of drug-likeness (QED) is 0.331. The molecule has 0 amide bonds. The van der Waals surface area contributed by atoms with Crippen molar-refractivity contribution in [2.75, 3.05) is 0 Å². The van der Waals surface area contributed by atoms with E-state index >= 15 is 0 Å². The molecule has 0 aromatic carbocycles. The Hall–Kier alpha value is 1.12. The molecule has 0 atom stereocenters. The fraction of sp³-hybridized carbons (Fsp3) is 0.600. The zero-order valence-corrected chi connectivity index (χ0v) is 11.0. The molecule has 0 unspecified atom stereocenters. The van der Waals surface area contributed by atoms with E-state index in [4.69, 9.17) is 0 Å². The first-order valence-electron chi connectivity index (χ1n) is 4.71. The second-order valence-corrected chi connectivity index (χ2v) is 4.00. The van der Waals surface area contributed by atoms with Gasteiger partial charge in [-0.3, -0.25) is 0 Å². The van der Waals surface area contributed by atoms with Crippen molar-refractivity contribution < 1.29 is 0 Å². The van der Waals surface area contributed by atoms with E-state index in [0.29, 0.717) is 0 Å². The number of hydrogen-bond acceptors (Lipinski definition) is 0. The van der Waals surface area contributed by atoms with Crippen molar-refractivity contribution >= 4 is 49.0 Å². The molecular weight excluding hydrogens is 159 g/mol. The van der Waals surface area contributed by atoms with Crippen molar-refractivity contribution in [3.8, 4) is 0 Å². The summed E-state index contributed by atoms with van der Waals surface area (Å²) in [5.41, 5.74) is 0. The fourth-order valence-corrected chi connectivity index (χ4v) is 1.40. The molecule has 0 aromatic rings. The molecule has 0 fully saturated rings. The molecule has 0 radical (unpaired) electrons. The molecule has 0 rings (SSSR count). The van der Waals surface area contributed by atoms with Gasteiger partial charge in [-0.05, 0) is 0 Å². The summed E-state index contributed by atoms with van der Waals surface area (Å²) in [5, 5.41) is 0.